The van der Waals surface area contributed by atoms with Gasteiger partial charge in [0, 0.05) is 16.8 Å². The lowest BCUT2D eigenvalue weighted by Gasteiger charge is -2.13. The molecule has 0 aromatic heterocycles. The number of ether oxygens (including phenoxy) is 2. The molecule has 3 aromatic carbocycles. The maximum Gasteiger partial charge on any atom is 0.262 e. The molecule has 0 aliphatic heterocycles. The van der Waals surface area contributed by atoms with Crippen molar-refractivity contribution in [3.05, 3.63) is 94.1 Å². The monoisotopic (exact) mass is 441 g/mol. The van der Waals surface area contributed by atoms with Crippen LogP contribution in [0.5, 0.6) is 11.5 Å². The van der Waals surface area contributed by atoms with E-state index in [-0.39, 0.29) is 29.7 Å². The Morgan fingerprint density at radius 1 is 0.909 bits per heavy atom. The van der Waals surface area contributed by atoms with Gasteiger partial charge in [-0.2, -0.15) is 0 Å². The Balaban J connectivity index is 1.47. The van der Waals surface area contributed by atoms with E-state index in [0.717, 1.165) is 16.8 Å². The molecule has 0 fully saturated rings. The number of carbonyl (C=O) groups is 3. The Morgan fingerprint density at radius 2 is 1.61 bits per heavy atom. The zero-order chi connectivity index (χ0) is 23.5. The number of ketones is 2. The largest absolute Gasteiger partial charge is 0.493 e. The second-order valence-electron chi connectivity index (χ2n) is 7.83. The van der Waals surface area contributed by atoms with Crippen molar-refractivity contribution in [1.29, 1.82) is 0 Å². The van der Waals surface area contributed by atoms with E-state index in [4.69, 9.17) is 9.47 Å². The van der Waals surface area contributed by atoms with Crippen molar-refractivity contribution in [3.63, 3.8) is 0 Å². The predicted octanol–water partition coefficient (Wildman–Crippen LogP) is 4.79. The lowest BCUT2D eigenvalue weighted by Crippen LogP contribution is -2.20. The number of nitrogens with one attached hydrogen (secondary N) is 1. The van der Waals surface area contributed by atoms with Crippen LogP contribution in [0.25, 0.3) is 6.08 Å². The number of hydrogen-bond acceptors (Lipinski definition) is 5. The Hall–Kier alpha value is -4.19. The summed E-state index contributed by atoms with van der Waals surface area (Å²) in [5, 5.41) is 2.83. The predicted molar refractivity (Wildman–Crippen MR) is 126 cm³/mol. The second kappa shape index (κ2) is 9.12. The molecule has 0 saturated heterocycles. The highest BCUT2D eigenvalue weighted by Gasteiger charge is 2.32. The summed E-state index contributed by atoms with van der Waals surface area (Å²) < 4.78 is 11.0. The van der Waals surface area contributed by atoms with Gasteiger partial charge in [-0.1, -0.05) is 48.0 Å². The Kier molecular flexibility index (Phi) is 6.09. The van der Waals surface area contributed by atoms with Crippen LogP contribution >= 0.6 is 0 Å². The van der Waals surface area contributed by atoms with Gasteiger partial charge in [-0.25, -0.2) is 0 Å². The van der Waals surface area contributed by atoms with Gasteiger partial charge in [0.2, 0.25) is 0 Å². The molecule has 1 aliphatic carbocycles. The third-order valence-corrected chi connectivity index (χ3v) is 5.42. The highest BCUT2D eigenvalue weighted by Crippen LogP contribution is 2.32. The van der Waals surface area contributed by atoms with Crippen molar-refractivity contribution in [1.82, 2.24) is 0 Å². The van der Waals surface area contributed by atoms with E-state index in [9.17, 15) is 14.4 Å². The quantitative estimate of drug-likeness (QED) is 0.439. The molecule has 1 amide bonds. The third-order valence-electron chi connectivity index (χ3n) is 5.42. The van der Waals surface area contributed by atoms with E-state index >= 15 is 0 Å². The van der Waals surface area contributed by atoms with Crippen molar-refractivity contribution in [2.45, 2.75) is 13.8 Å². The summed E-state index contributed by atoms with van der Waals surface area (Å²) in [5.41, 5.74) is 4.37. The molecule has 4 rings (SSSR count). The van der Waals surface area contributed by atoms with Gasteiger partial charge in [-0.05, 0) is 49.2 Å². The standard InChI is InChI=1S/C27H23NO5/c1-16-8-10-22(17(2)12-16)28-25(29)15-33-23-11-9-18(14-24(23)32-3)13-21-26(30)19-6-4-5-7-20(19)27(21)31/h4-14H,15H2,1-3H3,(H,28,29). The number of allylic oxidation sites excluding steroid dienone is 1. The van der Waals surface area contributed by atoms with Crippen molar-refractivity contribution < 1.29 is 23.9 Å². The Morgan fingerprint density at radius 3 is 2.24 bits per heavy atom. The van der Waals surface area contributed by atoms with Crippen LogP contribution in [0.4, 0.5) is 5.69 Å². The first-order chi connectivity index (χ1) is 15.9. The average molecular weight is 441 g/mol. The van der Waals surface area contributed by atoms with Gasteiger partial charge in [0.1, 0.15) is 0 Å². The number of Topliss-reactive ketones (excluding diaryl/α,β-unsaturated/α-hetero) is 2. The number of rotatable bonds is 6. The summed E-state index contributed by atoms with van der Waals surface area (Å²) in [6.07, 6.45) is 1.55. The molecule has 0 saturated carbocycles. The minimum atomic E-state index is -0.296. The molecular formula is C27H23NO5. The maximum absolute atomic E-state index is 12.6. The van der Waals surface area contributed by atoms with Gasteiger partial charge in [0.25, 0.3) is 5.91 Å². The topological polar surface area (TPSA) is 81.7 Å². The summed E-state index contributed by atoms with van der Waals surface area (Å²) in [5.74, 6) is -0.118. The van der Waals surface area contributed by atoms with Crippen LogP contribution in [0.15, 0.2) is 66.2 Å². The highest BCUT2D eigenvalue weighted by molar-refractivity contribution is 6.41. The number of aryl methyl sites for hydroxylation is 2. The molecule has 0 heterocycles. The van der Waals surface area contributed by atoms with Gasteiger partial charge in [-0.15, -0.1) is 0 Å². The Bertz CT molecular complexity index is 1270. The molecule has 33 heavy (non-hydrogen) atoms. The molecular weight excluding hydrogens is 418 g/mol. The molecule has 166 valence electrons. The van der Waals surface area contributed by atoms with Crippen LogP contribution < -0.4 is 14.8 Å². The number of hydrogen-bond donors (Lipinski definition) is 1. The van der Waals surface area contributed by atoms with Crippen LogP contribution in [0.3, 0.4) is 0 Å². The molecule has 6 heteroatoms. The molecule has 0 bridgehead atoms. The molecule has 0 radical (unpaired) electrons. The van der Waals surface area contributed by atoms with Gasteiger partial charge < -0.3 is 14.8 Å². The molecule has 0 atom stereocenters. The minimum absolute atomic E-state index is 0.111. The first kappa shape index (κ1) is 22.0. The number of fused-ring (bicyclic) bond motifs is 1. The first-order valence-electron chi connectivity index (χ1n) is 10.5. The number of benzene rings is 3. The van der Waals surface area contributed by atoms with E-state index in [1.165, 1.54) is 7.11 Å². The van der Waals surface area contributed by atoms with Crippen molar-refractivity contribution in [2.24, 2.45) is 0 Å². The van der Waals surface area contributed by atoms with Crippen molar-refractivity contribution in [2.75, 3.05) is 19.0 Å². The van der Waals surface area contributed by atoms with Gasteiger partial charge in [-0.3, -0.25) is 14.4 Å². The zero-order valence-electron chi connectivity index (χ0n) is 18.6. The summed E-state index contributed by atoms with van der Waals surface area (Å²) in [6.45, 7) is 3.72. The van der Waals surface area contributed by atoms with E-state index < -0.39 is 0 Å². The molecule has 1 N–H and O–H groups in total. The SMILES string of the molecule is COc1cc(C=C2C(=O)c3ccccc3C2=O)ccc1OCC(=O)Nc1ccc(C)cc1C. The lowest BCUT2D eigenvalue weighted by atomic mass is 10.1. The fourth-order valence-corrected chi connectivity index (χ4v) is 3.75. The summed E-state index contributed by atoms with van der Waals surface area (Å²) in [7, 11) is 1.48. The molecule has 0 unspecified atom stereocenters. The maximum atomic E-state index is 12.6. The van der Waals surface area contributed by atoms with Crippen LogP contribution in [0.2, 0.25) is 0 Å². The molecule has 6 nitrogen and oxygen atoms in total. The molecule has 0 spiro atoms. The highest BCUT2D eigenvalue weighted by atomic mass is 16.5. The fraction of sp³-hybridized carbons (Fsp3) is 0.148. The lowest BCUT2D eigenvalue weighted by molar-refractivity contribution is -0.118. The van der Waals surface area contributed by atoms with Crippen molar-refractivity contribution >= 4 is 29.2 Å². The number of carbonyl (C=O) groups excluding carboxylic acids is 3. The minimum Gasteiger partial charge on any atom is -0.493 e. The average Bonchev–Trinajstić information content (AvgIpc) is 3.05. The van der Waals surface area contributed by atoms with Crippen LogP contribution in [0, 0.1) is 13.8 Å². The second-order valence-corrected chi connectivity index (χ2v) is 7.83. The fourth-order valence-electron chi connectivity index (χ4n) is 3.75. The summed E-state index contributed by atoms with van der Waals surface area (Å²) >= 11 is 0. The summed E-state index contributed by atoms with van der Waals surface area (Å²) in [6, 6.07) is 17.6. The number of methoxy groups -OCH3 is 1. The first-order valence-corrected chi connectivity index (χ1v) is 10.5. The van der Waals surface area contributed by atoms with E-state index in [0.29, 0.717) is 28.2 Å². The smallest absolute Gasteiger partial charge is 0.262 e. The van der Waals surface area contributed by atoms with E-state index in [1.54, 1.807) is 48.5 Å². The summed E-state index contributed by atoms with van der Waals surface area (Å²) in [4.78, 5) is 37.6. The Labute approximate surface area is 191 Å². The van der Waals surface area contributed by atoms with Gasteiger partial charge in [0.15, 0.2) is 29.7 Å². The van der Waals surface area contributed by atoms with Gasteiger partial charge in [0.05, 0.1) is 12.7 Å². The molecule has 3 aromatic rings. The van der Waals surface area contributed by atoms with E-state index in [2.05, 4.69) is 5.32 Å². The van der Waals surface area contributed by atoms with Crippen molar-refractivity contribution in [3.8, 4) is 11.5 Å². The van der Waals surface area contributed by atoms with E-state index in [1.807, 2.05) is 32.0 Å². The van der Waals surface area contributed by atoms with Gasteiger partial charge >= 0.3 is 0 Å². The normalized spacial score (nSPS) is 12.4. The van der Waals surface area contributed by atoms with Crippen LogP contribution in [-0.4, -0.2) is 31.2 Å². The van der Waals surface area contributed by atoms with Crippen LogP contribution in [0.1, 0.15) is 37.4 Å². The number of anilines is 1. The third kappa shape index (κ3) is 4.55. The van der Waals surface area contributed by atoms with Crippen LogP contribution in [-0.2, 0) is 4.79 Å². The molecule has 1 aliphatic rings. The zero-order valence-corrected chi connectivity index (χ0v) is 18.6. The number of amides is 1.